The minimum Gasteiger partial charge on any atom is -0.373 e. The summed E-state index contributed by atoms with van der Waals surface area (Å²) in [6.45, 7) is 6.18. The van der Waals surface area contributed by atoms with Crippen LogP contribution in [0.1, 0.15) is 26.1 Å². The van der Waals surface area contributed by atoms with Crippen LogP contribution in [0.5, 0.6) is 0 Å². The van der Waals surface area contributed by atoms with Crippen LogP contribution in [-0.4, -0.2) is 29.2 Å². The van der Waals surface area contributed by atoms with E-state index in [1.54, 1.807) is 0 Å². The van der Waals surface area contributed by atoms with Crippen molar-refractivity contribution >= 4 is 21.6 Å². The molecule has 0 atom stereocenters. The molecule has 0 spiro atoms. The van der Waals surface area contributed by atoms with Gasteiger partial charge in [-0.25, -0.2) is 4.98 Å². The third kappa shape index (κ3) is 4.12. The van der Waals surface area contributed by atoms with Crippen LogP contribution in [-0.2, 0) is 11.3 Å². The topological polar surface area (TPSA) is 67.0 Å². The molecule has 0 aromatic carbocycles. The van der Waals surface area contributed by atoms with Crippen molar-refractivity contribution in [3.8, 4) is 0 Å². The van der Waals surface area contributed by atoms with Gasteiger partial charge in [-0.2, -0.15) is 0 Å². The van der Waals surface area contributed by atoms with E-state index < -0.39 is 0 Å². The number of aromatic nitrogens is 2. The summed E-state index contributed by atoms with van der Waals surface area (Å²) < 4.78 is 6.18. The van der Waals surface area contributed by atoms with Crippen molar-refractivity contribution in [1.82, 2.24) is 15.3 Å². The lowest BCUT2D eigenvalue weighted by atomic mass is 10.3. The van der Waals surface area contributed by atoms with Gasteiger partial charge in [0.1, 0.15) is 17.1 Å². The molecule has 2 aromatic heterocycles. The molecule has 0 saturated heterocycles. The molecular formula is C13H19N3O2S. The summed E-state index contributed by atoms with van der Waals surface area (Å²) in [5.41, 5.74) is 0.661. The van der Waals surface area contributed by atoms with Crippen molar-refractivity contribution in [3.63, 3.8) is 0 Å². The summed E-state index contributed by atoms with van der Waals surface area (Å²) in [7, 11) is 0. The predicted octanol–water partition coefficient (Wildman–Crippen LogP) is 1.89. The Kier molecular flexibility index (Phi) is 5.07. The van der Waals surface area contributed by atoms with Gasteiger partial charge in [0.2, 0.25) is 0 Å². The van der Waals surface area contributed by atoms with Gasteiger partial charge < -0.3 is 15.0 Å². The smallest absolute Gasteiger partial charge is 0.268 e. The maximum Gasteiger partial charge on any atom is 0.268 e. The van der Waals surface area contributed by atoms with Gasteiger partial charge in [0.05, 0.1) is 5.52 Å². The highest BCUT2D eigenvalue weighted by Gasteiger charge is 2.04. The zero-order valence-electron chi connectivity index (χ0n) is 11.2. The zero-order chi connectivity index (χ0) is 13.7. The third-order valence-electron chi connectivity index (χ3n) is 2.62. The Morgan fingerprint density at radius 3 is 3.16 bits per heavy atom. The second-order valence-corrected chi connectivity index (χ2v) is 5.58. The van der Waals surface area contributed by atoms with Gasteiger partial charge in [0.15, 0.2) is 0 Å². The van der Waals surface area contributed by atoms with Crippen molar-refractivity contribution in [2.75, 3.05) is 13.2 Å². The van der Waals surface area contributed by atoms with Crippen LogP contribution in [0.2, 0.25) is 0 Å². The van der Waals surface area contributed by atoms with Crippen LogP contribution in [0.15, 0.2) is 16.2 Å². The van der Waals surface area contributed by atoms with Gasteiger partial charge in [0.25, 0.3) is 5.56 Å². The lowest BCUT2D eigenvalue weighted by molar-refractivity contribution is 0.113. The molecule has 104 valence electrons. The second kappa shape index (κ2) is 6.79. The first-order valence-electron chi connectivity index (χ1n) is 6.44. The van der Waals surface area contributed by atoms with E-state index in [0.717, 1.165) is 18.5 Å². The highest BCUT2D eigenvalue weighted by atomic mass is 32.1. The van der Waals surface area contributed by atoms with Crippen LogP contribution in [0.4, 0.5) is 0 Å². The summed E-state index contributed by atoms with van der Waals surface area (Å²) in [5, 5.41) is 5.19. The van der Waals surface area contributed by atoms with Gasteiger partial charge in [0, 0.05) is 12.6 Å². The van der Waals surface area contributed by atoms with Crippen LogP contribution >= 0.6 is 11.3 Å². The molecule has 0 fully saturated rings. The van der Waals surface area contributed by atoms with Crippen LogP contribution in [0, 0.1) is 0 Å². The van der Waals surface area contributed by atoms with E-state index in [0.29, 0.717) is 29.8 Å². The molecule has 0 aliphatic carbocycles. The van der Waals surface area contributed by atoms with Gasteiger partial charge in [-0.05, 0) is 24.4 Å². The number of nitrogens with zero attached hydrogens (tertiary/aromatic N) is 1. The molecule has 0 aliphatic heterocycles. The highest BCUT2D eigenvalue weighted by Crippen LogP contribution is 2.13. The summed E-state index contributed by atoms with van der Waals surface area (Å²) in [4.78, 5) is 18.8. The van der Waals surface area contributed by atoms with Crippen LogP contribution in [0.25, 0.3) is 10.2 Å². The van der Waals surface area contributed by atoms with Crippen LogP contribution in [0.3, 0.4) is 0 Å². The number of aromatic amines is 1. The Hall–Kier alpha value is -1.24. The summed E-state index contributed by atoms with van der Waals surface area (Å²) in [5.74, 6) is 0.590. The quantitative estimate of drug-likeness (QED) is 0.761. The Labute approximate surface area is 116 Å². The highest BCUT2D eigenvalue weighted by molar-refractivity contribution is 7.17. The number of ether oxygens (including phenoxy) is 1. The molecule has 0 radical (unpaired) electrons. The molecule has 0 saturated carbocycles. The van der Waals surface area contributed by atoms with Crippen LogP contribution < -0.4 is 10.9 Å². The van der Waals surface area contributed by atoms with Crippen molar-refractivity contribution < 1.29 is 4.74 Å². The molecule has 0 bridgehead atoms. The van der Waals surface area contributed by atoms with E-state index in [1.165, 1.54) is 11.3 Å². The number of fused-ring (bicyclic) bond motifs is 1. The molecule has 5 nitrogen and oxygen atoms in total. The first kappa shape index (κ1) is 14.2. The minimum atomic E-state index is -0.0833. The zero-order valence-corrected chi connectivity index (χ0v) is 12.0. The van der Waals surface area contributed by atoms with Gasteiger partial charge >= 0.3 is 0 Å². The average Bonchev–Trinajstić information content (AvgIpc) is 2.82. The van der Waals surface area contributed by atoms with E-state index in [2.05, 4.69) is 29.1 Å². The fraction of sp³-hybridized carbons (Fsp3) is 0.538. The van der Waals surface area contributed by atoms with E-state index in [1.807, 2.05) is 11.4 Å². The van der Waals surface area contributed by atoms with Crippen molar-refractivity contribution in [2.45, 2.75) is 32.9 Å². The largest absolute Gasteiger partial charge is 0.373 e. The number of hydrogen-bond donors (Lipinski definition) is 2. The van der Waals surface area contributed by atoms with E-state index in [4.69, 9.17) is 4.74 Å². The summed E-state index contributed by atoms with van der Waals surface area (Å²) in [6.07, 6.45) is 0.948. The van der Waals surface area contributed by atoms with Crippen molar-refractivity contribution in [2.24, 2.45) is 0 Å². The SMILES string of the molecule is CC(C)NCCCOCc1nc2ccsc2c(=O)[nH]1. The Morgan fingerprint density at radius 1 is 1.53 bits per heavy atom. The lowest BCUT2D eigenvalue weighted by Crippen LogP contribution is -2.24. The Morgan fingerprint density at radius 2 is 2.37 bits per heavy atom. The monoisotopic (exact) mass is 281 g/mol. The fourth-order valence-corrected chi connectivity index (χ4v) is 2.45. The maximum atomic E-state index is 11.7. The third-order valence-corrected chi connectivity index (χ3v) is 3.52. The first-order valence-corrected chi connectivity index (χ1v) is 7.32. The number of rotatable bonds is 7. The molecule has 2 rings (SSSR count). The summed E-state index contributed by atoms with van der Waals surface area (Å²) >= 11 is 1.40. The molecule has 0 amide bonds. The molecule has 0 aliphatic rings. The van der Waals surface area contributed by atoms with Gasteiger partial charge in [-0.15, -0.1) is 11.3 Å². The molecule has 6 heteroatoms. The standard InChI is InChI=1S/C13H19N3O2S/c1-9(2)14-5-3-6-18-8-11-15-10-4-7-19-12(10)13(17)16-11/h4,7,9,14H,3,5-6,8H2,1-2H3,(H,15,16,17). The van der Waals surface area contributed by atoms with Crippen molar-refractivity contribution in [1.29, 1.82) is 0 Å². The fourth-order valence-electron chi connectivity index (χ4n) is 1.72. The first-order chi connectivity index (χ1) is 9.16. The molecule has 19 heavy (non-hydrogen) atoms. The van der Waals surface area contributed by atoms with Crippen molar-refractivity contribution in [3.05, 3.63) is 27.6 Å². The molecule has 0 unspecified atom stereocenters. The summed E-state index contributed by atoms with van der Waals surface area (Å²) in [6, 6.07) is 2.35. The minimum absolute atomic E-state index is 0.0833. The Bertz CT molecular complexity index is 577. The van der Waals surface area contributed by atoms with Gasteiger partial charge in [-0.3, -0.25) is 4.79 Å². The molecule has 2 heterocycles. The Balaban J connectivity index is 1.80. The van der Waals surface area contributed by atoms with E-state index >= 15 is 0 Å². The lowest BCUT2D eigenvalue weighted by Gasteiger charge is -2.08. The van der Waals surface area contributed by atoms with Gasteiger partial charge in [-0.1, -0.05) is 13.8 Å². The normalized spacial score (nSPS) is 11.5. The predicted molar refractivity (Wildman–Crippen MR) is 77.7 cm³/mol. The second-order valence-electron chi connectivity index (χ2n) is 4.66. The number of thiophene rings is 1. The van der Waals surface area contributed by atoms with E-state index in [-0.39, 0.29) is 5.56 Å². The number of nitrogens with one attached hydrogen (secondary N) is 2. The molecule has 2 aromatic rings. The number of H-pyrrole nitrogens is 1. The maximum absolute atomic E-state index is 11.7. The molecule has 2 N–H and O–H groups in total. The number of hydrogen-bond acceptors (Lipinski definition) is 5. The van der Waals surface area contributed by atoms with E-state index in [9.17, 15) is 4.79 Å². The average molecular weight is 281 g/mol. The molecular weight excluding hydrogens is 262 g/mol.